The van der Waals surface area contributed by atoms with Crippen molar-refractivity contribution in [2.45, 2.75) is 25.1 Å². The molecule has 0 aliphatic carbocycles. The number of ether oxygens (including phenoxy) is 1. The van der Waals surface area contributed by atoms with Gasteiger partial charge in [0.1, 0.15) is 0 Å². The molecular formula is C16H21F3N2O2. The minimum Gasteiger partial charge on any atom is -0.465 e. The molecule has 0 radical (unpaired) electrons. The molecule has 1 aromatic carbocycles. The molecule has 0 N–H and O–H groups in total. The van der Waals surface area contributed by atoms with Crippen LogP contribution in [0.1, 0.15) is 28.8 Å². The minimum absolute atomic E-state index is 0.0928. The molecule has 1 fully saturated rings. The summed E-state index contributed by atoms with van der Waals surface area (Å²) in [5.74, 6) is -0.771. The molecule has 0 saturated carbocycles. The molecule has 4 nitrogen and oxygen atoms in total. The zero-order chi connectivity index (χ0) is 17.2. The summed E-state index contributed by atoms with van der Waals surface area (Å²) < 4.78 is 44.8. The molecular weight excluding hydrogens is 309 g/mol. The number of alkyl halides is 3. The lowest BCUT2D eigenvalue weighted by atomic mass is 10.0. The van der Waals surface area contributed by atoms with E-state index in [1.165, 1.54) is 12.1 Å². The Bertz CT molecular complexity index is 573. The third-order valence-corrected chi connectivity index (χ3v) is 4.19. The Morgan fingerprint density at radius 1 is 1.35 bits per heavy atom. The Balaban J connectivity index is 2.39. The molecule has 1 aliphatic heterocycles. The Morgan fingerprint density at radius 2 is 2.04 bits per heavy atom. The Labute approximate surface area is 133 Å². The van der Waals surface area contributed by atoms with E-state index in [0.717, 1.165) is 26.0 Å². The van der Waals surface area contributed by atoms with Gasteiger partial charge in [-0.25, -0.2) is 4.79 Å². The average Bonchev–Trinajstić information content (AvgIpc) is 2.52. The van der Waals surface area contributed by atoms with Crippen molar-refractivity contribution < 1.29 is 22.7 Å². The number of carbonyl (C=O) groups is 1. The molecule has 2 rings (SSSR count). The van der Waals surface area contributed by atoms with Crippen molar-refractivity contribution in [3.05, 3.63) is 29.3 Å². The maximum absolute atomic E-state index is 13.4. The summed E-state index contributed by atoms with van der Waals surface area (Å²) in [5, 5.41) is 0. The summed E-state index contributed by atoms with van der Waals surface area (Å²) in [5.41, 5.74) is -0.763. The summed E-state index contributed by atoms with van der Waals surface area (Å²) in [7, 11) is 5.01. The van der Waals surface area contributed by atoms with Crippen molar-refractivity contribution in [1.29, 1.82) is 0 Å². The fourth-order valence-corrected chi connectivity index (χ4v) is 2.88. The molecule has 1 aliphatic rings. The van der Waals surface area contributed by atoms with Gasteiger partial charge in [-0.05, 0) is 45.1 Å². The lowest BCUT2D eigenvalue weighted by Crippen LogP contribution is -2.45. The number of carbonyl (C=O) groups excluding carboxylic acids is 1. The van der Waals surface area contributed by atoms with Gasteiger partial charge in [0.2, 0.25) is 0 Å². The number of likely N-dealkylation sites (N-methyl/N-ethyl adjacent to an activating group) is 1. The lowest BCUT2D eigenvalue weighted by molar-refractivity contribution is -0.137. The van der Waals surface area contributed by atoms with Crippen LogP contribution in [0.5, 0.6) is 0 Å². The van der Waals surface area contributed by atoms with Crippen LogP contribution in [0.25, 0.3) is 0 Å². The standard InChI is InChI=1S/C16H21F3N2O2/c1-20(2)12-5-4-8-21(10-12)14-7-6-11(15(22)23-3)9-13(14)16(17,18)19/h6-7,9,12H,4-5,8,10H2,1-3H3. The van der Waals surface area contributed by atoms with Gasteiger partial charge < -0.3 is 14.5 Å². The average molecular weight is 330 g/mol. The second-order valence-electron chi connectivity index (χ2n) is 5.93. The molecule has 1 unspecified atom stereocenters. The second-order valence-corrected chi connectivity index (χ2v) is 5.93. The van der Waals surface area contributed by atoms with Gasteiger partial charge in [-0.1, -0.05) is 0 Å². The number of benzene rings is 1. The molecule has 1 atom stereocenters. The first-order valence-electron chi connectivity index (χ1n) is 7.45. The van der Waals surface area contributed by atoms with Crippen LogP contribution in [0, 0.1) is 0 Å². The highest BCUT2D eigenvalue weighted by molar-refractivity contribution is 5.90. The van der Waals surface area contributed by atoms with E-state index in [1.807, 2.05) is 19.0 Å². The third kappa shape index (κ3) is 3.96. The predicted octanol–water partition coefficient (Wildman–Crippen LogP) is 3.02. The lowest BCUT2D eigenvalue weighted by Gasteiger charge is -2.38. The van der Waals surface area contributed by atoms with E-state index in [4.69, 9.17) is 0 Å². The monoisotopic (exact) mass is 330 g/mol. The summed E-state index contributed by atoms with van der Waals surface area (Å²) in [4.78, 5) is 15.3. The number of methoxy groups -OCH3 is 1. The van der Waals surface area contributed by atoms with Crippen molar-refractivity contribution in [2.24, 2.45) is 0 Å². The first-order chi connectivity index (χ1) is 10.7. The highest BCUT2D eigenvalue weighted by Crippen LogP contribution is 2.38. The van der Waals surface area contributed by atoms with Crippen LogP contribution < -0.4 is 4.90 Å². The summed E-state index contributed by atoms with van der Waals surface area (Å²) >= 11 is 0. The van der Waals surface area contributed by atoms with E-state index < -0.39 is 17.7 Å². The van der Waals surface area contributed by atoms with Gasteiger partial charge in [-0.15, -0.1) is 0 Å². The Hall–Kier alpha value is -1.76. The van der Waals surface area contributed by atoms with E-state index in [-0.39, 0.29) is 17.3 Å². The van der Waals surface area contributed by atoms with E-state index in [0.29, 0.717) is 13.1 Å². The Morgan fingerprint density at radius 3 is 2.61 bits per heavy atom. The Kier molecular flexibility index (Phi) is 5.19. The van der Waals surface area contributed by atoms with Crippen LogP contribution in [0.15, 0.2) is 18.2 Å². The van der Waals surface area contributed by atoms with Crippen LogP contribution in [0.2, 0.25) is 0 Å². The van der Waals surface area contributed by atoms with Crippen molar-refractivity contribution >= 4 is 11.7 Å². The summed E-state index contributed by atoms with van der Waals surface area (Å²) in [6, 6.07) is 3.84. The second kappa shape index (κ2) is 6.78. The molecule has 128 valence electrons. The van der Waals surface area contributed by atoms with Crippen molar-refractivity contribution in [1.82, 2.24) is 4.90 Å². The predicted molar refractivity (Wildman–Crippen MR) is 81.7 cm³/mol. The molecule has 23 heavy (non-hydrogen) atoms. The van der Waals surface area contributed by atoms with Crippen molar-refractivity contribution in [2.75, 3.05) is 39.2 Å². The van der Waals surface area contributed by atoms with Crippen molar-refractivity contribution in [3.63, 3.8) is 0 Å². The fraction of sp³-hybridized carbons (Fsp3) is 0.562. The van der Waals surface area contributed by atoms with E-state index in [9.17, 15) is 18.0 Å². The zero-order valence-electron chi connectivity index (χ0n) is 13.5. The van der Waals surface area contributed by atoms with Crippen molar-refractivity contribution in [3.8, 4) is 0 Å². The topological polar surface area (TPSA) is 32.8 Å². The summed E-state index contributed by atoms with van der Waals surface area (Å²) in [6.45, 7) is 1.11. The molecule has 0 amide bonds. The summed E-state index contributed by atoms with van der Waals surface area (Å²) in [6.07, 6.45) is -2.73. The molecule has 1 saturated heterocycles. The largest absolute Gasteiger partial charge is 0.465 e. The number of piperidine rings is 1. The number of esters is 1. The fourth-order valence-electron chi connectivity index (χ4n) is 2.88. The minimum atomic E-state index is -4.52. The van der Waals surface area contributed by atoms with Gasteiger partial charge in [0.25, 0.3) is 0 Å². The SMILES string of the molecule is COC(=O)c1ccc(N2CCCC(N(C)C)C2)c(C(F)(F)F)c1. The van der Waals surface area contributed by atoms with Gasteiger partial charge in [0.15, 0.2) is 0 Å². The van der Waals surface area contributed by atoms with Crippen LogP contribution in [-0.2, 0) is 10.9 Å². The van der Waals surface area contributed by atoms with E-state index in [2.05, 4.69) is 4.74 Å². The molecule has 0 spiro atoms. The van der Waals surface area contributed by atoms with Gasteiger partial charge in [-0.3, -0.25) is 0 Å². The zero-order valence-corrected chi connectivity index (χ0v) is 13.5. The normalized spacial score (nSPS) is 19.1. The first-order valence-corrected chi connectivity index (χ1v) is 7.45. The van der Waals surface area contributed by atoms with Crippen LogP contribution in [-0.4, -0.2) is 51.2 Å². The number of nitrogens with zero attached hydrogens (tertiary/aromatic N) is 2. The maximum Gasteiger partial charge on any atom is 0.418 e. The molecule has 1 heterocycles. The number of hydrogen-bond acceptors (Lipinski definition) is 4. The van der Waals surface area contributed by atoms with E-state index >= 15 is 0 Å². The highest BCUT2D eigenvalue weighted by Gasteiger charge is 2.36. The number of anilines is 1. The number of halogens is 3. The van der Waals surface area contributed by atoms with Crippen LogP contribution in [0.3, 0.4) is 0 Å². The maximum atomic E-state index is 13.4. The smallest absolute Gasteiger partial charge is 0.418 e. The quantitative estimate of drug-likeness (QED) is 0.798. The van der Waals surface area contributed by atoms with Gasteiger partial charge in [0, 0.05) is 24.8 Å². The highest BCUT2D eigenvalue weighted by atomic mass is 19.4. The molecule has 0 bridgehead atoms. The molecule has 7 heteroatoms. The number of rotatable bonds is 3. The van der Waals surface area contributed by atoms with E-state index in [1.54, 1.807) is 4.90 Å². The molecule has 1 aromatic rings. The molecule has 0 aromatic heterocycles. The van der Waals surface area contributed by atoms with Gasteiger partial charge >= 0.3 is 12.1 Å². The first kappa shape index (κ1) is 17.6. The van der Waals surface area contributed by atoms with Gasteiger partial charge in [0.05, 0.1) is 18.2 Å². The van der Waals surface area contributed by atoms with Gasteiger partial charge in [-0.2, -0.15) is 13.2 Å². The third-order valence-electron chi connectivity index (χ3n) is 4.19. The number of hydrogen-bond donors (Lipinski definition) is 0. The van der Waals surface area contributed by atoms with Crippen LogP contribution >= 0.6 is 0 Å². The van der Waals surface area contributed by atoms with Crippen LogP contribution in [0.4, 0.5) is 18.9 Å².